The molecule has 1 heterocycles. The number of hydrogen-bond acceptors (Lipinski definition) is 3. The van der Waals surface area contributed by atoms with E-state index in [4.69, 9.17) is 10.5 Å². The van der Waals surface area contributed by atoms with Crippen LogP contribution >= 0.6 is 0 Å². The maximum Gasteiger partial charge on any atom is 0.119 e. The highest BCUT2D eigenvalue weighted by molar-refractivity contribution is 5.36. The fourth-order valence-corrected chi connectivity index (χ4v) is 1.62. The molecule has 0 aliphatic rings. The van der Waals surface area contributed by atoms with Crippen molar-refractivity contribution in [2.45, 2.75) is 13.3 Å². The molecule has 0 spiro atoms. The van der Waals surface area contributed by atoms with Crippen molar-refractivity contribution in [3.05, 3.63) is 53.9 Å². The quantitative estimate of drug-likeness (QED) is 0.875. The molecule has 0 unspecified atom stereocenters. The Morgan fingerprint density at radius 1 is 1.12 bits per heavy atom. The van der Waals surface area contributed by atoms with Gasteiger partial charge >= 0.3 is 0 Å². The first kappa shape index (κ1) is 11.5. The van der Waals surface area contributed by atoms with Crippen LogP contribution in [0.4, 0.5) is 5.69 Å². The summed E-state index contributed by atoms with van der Waals surface area (Å²) < 4.78 is 5.39. The van der Waals surface area contributed by atoms with Gasteiger partial charge in [0.25, 0.3) is 0 Å². The molecule has 3 heteroatoms. The standard InChI is InChI=1S/C14H16N2O/c1-2-17-14-7-3-11(4-8-14)9-13-6-5-12(15)10-16-13/h3-8,10H,2,9,15H2,1H3. The van der Waals surface area contributed by atoms with Crippen molar-refractivity contribution in [2.75, 3.05) is 12.3 Å². The van der Waals surface area contributed by atoms with Crippen molar-refractivity contribution in [3.63, 3.8) is 0 Å². The Labute approximate surface area is 101 Å². The van der Waals surface area contributed by atoms with E-state index in [0.717, 1.165) is 17.9 Å². The molecular weight excluding hydrogens is 212 g/mol. The molecular formula is C14H16N2O. The zero-order valence-corrected chi connectivity index (χ0v) is 9.89. The van der Waals surface area contributed by atoms with E-state index in [9.17, 15) is 0 Å². The third-order valence-corrected chi connectivity index (χ3v) is 2.47. The molecule has 2 aromatic rings. The summed E-state index contributed by atoms with van der Waals surface area (Å²) in [4.78, 5) is 4.28. The molecule has 3 nitrogen and oxygen atoms in total. The molecule has 0 aliphatic carbocycles. The predicted molar refractivity (Wildman–Crippen MR) is 69.1 cm³/mol. The lowest BCUT2D eigenvalue weighted by Crippen LogP contribution is -1.95. The SMILES string of the molecule is CCOc1ccc(Cc2ccc(N)cn2)cc1. The molecule has 0 radical (unpaired) electrons. The molecule has 0 atom stereocenters. The third-order valence-electron chi connectivity index (χ3n) is 2.47. The van der Waals surface area contributed by atoms with Gasteiger partial charge in [-0.2, -0.15) is 0 Å². The van der Waals surface area contributed by atoms with E-state index in [0.29, 0.717) is 12.3 Å². The summed E-state index contributed by atoms with van der Waals surface area (Å²) in [6, 6.07) is 11.9. The molecule has 0 amide bonds. The van der Waals surface area contributed by atoms with E-state index in [1.807, 2.05) is 31.2 Å². The summed E-state index contributed by atoms with van der Waals surface area (Å²) >= 11 is 0. The Morgan fingerprint density at radius 3 is 2.47 bits per heavy atom. The molecule has 2 N–H and O–H groups in total. The fourth-order valence-electron chi connectivity index (χ4n) is 1.62. The van der Waals surface area contributed by atoms with Gasteiger partial charge in [-0.05, 0) is 36.8 Å². The monoisotopic (exact) mass is 228 g/mol. The lowest BCUT2D eigenvalue weighted by atomic mass is 10.1. The molecule has 88 valence electrons. The van der Waals surface area contributed by atoms with Crippen LogP contribution < -0.4 is 10.5 Å². The van der Waals surface area contributed by atoms with Crippen molar-refractivity contribution in [1.82, 2.24) is 4.98 Å². The Hall–Kier alpha value is -2.03. The number of anilines is 1. The lowest BCUT2D eigenvalue weighted by molar-refractivity contribution is 0.340. The van der Waals surface area contributed by atoms with E-state index in [1.54, 1.807) is 6.20 Å². The van der Waals surface area contributed by atoms with Gasteiger partial charge in [0.05, 0.1) is 18.5 Å². The Kier molecular flexibility index (Phi) is 3.60. The highest BCUT2D eigenvalue weighted by Crippen LogP contribution is 2.14. The van der Waals surface area contributed by atoms with E-state index < -0.39 is 0 Å². The molecule has 0 aliphatic heterocycles. The maximum atomic E-state index is 5.59. The average molecular weight is 228 g/mol. The summed E-state index contributed by atoms with van der Waals surface area (Å²) in [5.74, 6) is 0.904. The number of aromatic nitrogens is 1. The van der Waals surface area contributed by atoms with E-state index in [1.165, 1.54) is 5.56 Å². The topological polar surface area (TPSA) is 48.1 Å². The van der Waals surface area contributed by atoms with Crippen LogP contribution in [0.2, 0.25) is 0 Å². The highest BCUT2D eigenvalue weighted by Gasteiger charge is 1.98. The number of nitrogen functional groups attached to an aromatic ring is 1. The van der Waals surface area contributed by atoms with Crippen LogP contribution in [0, 0.1) is 0 Å². The van der Waals surface area contributed by atoms with Gasteiger partial charge in [-0.25, -0.2) is 0 Å². The van der Waals surface area contributed by atoms with Crippen LogP contribution in [0.3, 0.4) is 0 Å². The molecule has 2 rings (SSSR count). The van der Waals surface area contributed by atoms with Crippen molar-refractivity contribution in [1.29, 1.82) is 0 Å². The largest absolute Gasteiger partial charge is 0.494 e. The van der Waals surface area contributed by atoms with Gasteiger partial charge in [0.1, 0.15) is 5.75 Å². The van der Waals surface area contributed by atoms with Crippen LogP contribution in [-0.4, -0.2) is 11.6 Å². The first-order valence-electron chi connectivity index (χ1n) is 5.70. The minimum Gasteiger partial charge on any atom is -0.494 e. The van der Waals surface area contributed by atoms with Crippen molar-refractivity contribution in [3.8, 4) is 5.75 Å². The summed E-state index contributed by atoms with van der Waals surface area (Å²) in [6.45, 7) is 2.67. The Bertz CT molecular complexity index is 463. The van der Waals surface area contributed by atoms with Crippen LogP contribution in [0.5, 0.6) is 5.75 Å². The molecule has 0 bridgehead atoms. The van der Waals surface area contributed by atoms with Gasteiger partial charge in [-0.1, -0.05) is 12.1 Å². The first-order chi connectivity index (χ1) is 8.28. The summed E-state index contributed by atoms with van der Waals surface area (Å²) in [5, 5.41) is 0. The lowest BCUT2D eigenvalue weighted by Gasteiger charge is -2.05. The fraction of sp³-hybridized carbons (Fsp3) is 0.214. The van der Waals surface area contributed by atoms with Crippen LogP contribution in [0.25, 0.3) is 0 Å². The minimum atomic E-state index is 0.693. The molecule has 1 aromatic heterocycles. The smallest absolute Gasteiger partial charge is 0.119 e. The van der Waals surface area contributed by atoms with Crippen molar-refractivity contribution < 1.29 is 4.74 Å². The first-order valence-corrected chi connectivity index (χ1v) is 5.70. The third kappa shape index (κ3) is 3.21. The van der Waals surface area contributed by atoms with Crippen LogP contribution in [-0.2, 0) is 6.42 Å². The minimum absolute atomic E-state index is 0.693. The number of rotatable bonds is 4. The number of benzene rings is 1. The summed E-state index contributed by atoms with van der Waals surface area (Å²) in [5.41, 5.74) is 8.52. The van der Waals surface area contributed by atoms with Gasteiger partial charge in [0, 0.05) is 12.1 Å². The summed E-state index contributed by atoms with van der Waals surface area (Å²) in [6.07, 6.45) is 2.50. The van der Waals surface area contributed by atoms with E-state index in [2.05, 4.69) is 17.1 Å². The normalized spacial score (nSPS) is 10.2. The van der Waals surface area contributed by atoms with Gasteiger partial charge in [0.15, 0.2) is 0 Å². The van der Waals surface area contributed by atoms with Gasteiger partial charge in [-0.15, -0.1) is 0 Å². The number of ether oxygens (including phenoxy) is 1. The second-order valence-corrected chi connectivity index (χ2v) is 3.84. The summed E-state index contributed by atoms with van der Waals surface area (Å²) in [7, 11) is 0. The molecule has 17 heavy (non-hydrogen) atoms. The van der Waals surface area contributed by atoms with E-state index in [-0.39, 0.29) is 0 Å². The maximum absolute atomic E-state index is 5.59. The Balaban J connectivity index is 2.05. The zero-order chi connectivity index (χ0) is 12.1. The van der Waals surface area contributed by atoms with Crippen molar-refractivity contribution >= 4 is 5.69 Å². The highest BCUT2D eigenvalue weighted by atomic mass is 16.5. The number of nitrogens with two attached hydrogens (primary N) is 1. The predicted octanol–water partition coefficient (Wildman–Crippen LogP) is 2.65. The molecule has 0 fully saturated rings. The van der Waals surface area contributed by atoms with Crippen LogP contribution in [0.1, 0.15) is 18.2 Å². The molecule has 1 aromatic carbocycles. The van der Waals surface area contributed by atoms with Gasteiger partial charge < -0.3 is 10.5 Å². The second-order valence-electron chi connectivity index (χ2n) is 3.84. The number of hydrogen-bond donors (Lipinski definition) is 1. The second kappa shape index (κ2) is 5.34. The number of pyridine rings is 1. The average Bonchev–Trinajstić information content (AvgIpc) is 2.35. The molecule has 0 saturated heterocycles. The Morgan fingerprint density at radius 2 is 1.88 bits per heavy atom. The van der Waals surface area contributed by atoms with Gasteiger partial charge in [0.2, 0.25) is 0 Å². The van der Waals surface area contributed by atoms with Gasteiger partial charge in [-0.3, -0.25) is 4.98 Å². The van der Waals surface area contributed by atoms with Crippen molar-refractivity contribution in [2.24, 2.45) is 0 Å². The zero-order valence-electron chi connectivity index (χ0n) is 9.89. The van der Waals surface area contributed by atoms with Crippen LogP contribution in [0.15, 0.2) is 42.6 Å². The van der Waals surface area contributed by atoms with E-state index >= 15 is 0 Å². The number of nitrogens with zero attached hydrogens (tertiary/aromatic N) is 1. The molecule has 0 saturated carbocycles.